The lowest BCUT2D eigenvalue weighted by molar-refractivity contribution is -0.126. The van der Waals surface area contributed by atoms with Gasteiger partial charge in [-0.2, -0.15) is 4.31 Å². The summed E-state index contributed by atoms with van der Waals surface area (Å²) in [6.45, 7) is 3.28. The number of rotatable bonds is 8. The molecule has 1 heterocycles. The molecule has 4 N–H and O–H groups in total. The normalized spacial score (nSPS) is 14.1. The summed E-state index contributed by atoms with van der Waals surface area (Å²) in [5.74, 6) is -3.15. The molecule has 0 aliphatic carbocycles. The summed E-state index contributed by atoms with van der Waals surface area (Å²) in [4.78, 5) is 34.5. The zero-order chi connectivity index (χ0) is 25.0. The summed E-state index contributed by atoms with van der Waals surface area (Å²) >= 11 is 3.19. The van der Waals surface area contributed by atoms with Crippen LogP contribution in [0, 0.1) is 6.92 Å². The lowest BCUT2D eigenvalue weighted by Crippen LogP contribution is -2.53. The van der Waals surface area contributed by atoms with Gasteiger partial charge in [-0.1, -0.05) is 48.0 Å². The number of anilines is 1. The first-order chi connectivity index (χ1) is 16.0. The molecular formula is C23H24BrN5O4S. The molecular weight excluding hydrogens is 522 g/mol. The van der Waals surface area contributed by atoms with Gasteiger partial charge in [-0.25, -0.2) is 18.4 Å². The summed E-state index contributed by atoms with van der Waals surface area (Å²) in [5, 5.41) is 0. The smallest absolute Gasteiger partial charge is 0.273 e. The van der Waals surface area contributed by atoms with Gasteiger partial charge in [0.2, 0.25) is 5.95 Å². The van der Waals surface area contributed by atoms with Crippen LogP contribution in [-0.4, -0.2) is 42.2 Å². The number of benzene rings is 2. The van der Waals surface area contributed by atoms with E-state index in [2.05, 4.69) is 25.9 Å². The van der Waals surface area contributed by atoms with Crippen molar-refractivity contribution in [3.63, 3.8) is 0 Å². The third-order valence-electron chi connectivity index (χ3n) is 5.11. The fourth-order valence-electron chi connectivity index (χ4n) is 3.32. The molecule has 178 valence electrons. The Morgan fingerprint density at radius 3 is 2.06 bits per heavy atom. The minimum atomic E-state index is -4.47. The summed E-state index contributed by atoms with van der Waals surface area (Å²) in [6, 6.07) is 11.8. The first kappa shape index (κ1) is 25.6. The lowest BCUT2D eigenvalue weighted by atomic mass is 9.85. The first-order valence-corrected chi connectivity index (χ1v) is 12.5. The Morgan fingerprint density at radius 2 is 1.53 bits per heavy atom. The molecule has 11 heteroatoms. The van der Waals surface area contributed by atoms with Crippen LogP contribution in [0.2, 0.25) is 0 Å². The number of halogens is 1. The molecule has 0 fully saturated rings. The molecule has 34 heavy (non-hydrogen) atoms. The van der Waals surface area contributed by atoms with Gasteiger partial charge in [-0.05, 0) is 47.5 Å². The number of hydrogen-bond donors (Lipinski definition) is 2. The van der Waals surface area contributed by atoms with Crippen LogP contribution in [0.4, 0.5) is 5.95 Å². The van der Waals surface area contributed by atoms with Crippen molar-refractivity contribution in [1.29, 1.82) is 0 Å². The minimum absolute atomic E-state index is 0.153. The van der Waals surface area contributed by atoms with Crippen LogP contribution in [0.5, 0.6) is 0 Å². The molecule has 1 aromatic heterocycles. The Balaban J connectivity index is 2.14. The topological polar surface area (TPSA) is 149 Å². The third-order valence-corrected chi connectivity index (χ3v) is 7.21. The van der Waals surface area contributed by atoms with Crippen molar-refractivity contribution in [3.05, 3.63) is 82.6 Å². The molecule has 0 bridgehead atoms. The van der Waals surface area contributed by atoms with Crippen molar-refractivity contribution < 1.29 is 18.0 Å². The number of aromatic nitrogens is 2. The number of nitrogens with zero attached hydrogens (tertiary/aromatic N) is 3. The number of aryl methyl sites for hydroxylation is 1. The van der Waals surface area contributed by atoms with E-state index in [-0.39, 0.29) is 4.90 Å². The Hall–Kier alpha value is -2.99. The van der Waals surface area contributed by atoms with E-state index in [1.807, 2.05) is 0 Å². The van der Waals surface area contributed by atoms with E-state index in [0.29, 0.717) is 14.3 Å². The zero-order valence-electron chi connectivity index (χ0n) is 18.5. The lowest BCUT2D eigenvalue weighted by Gasteiger charge is -2.28. The largest absolute Gasteiger partial charge is 0.322 e. The molecule has 1 unspecified atom stereocenters. The monoisotopic (exact) mass is 545 g/mol. The minimum Gasteiger partial charge on any atom is -0.322 e. The standard InChI is InChI=1S/C23H24BrN5O4S/c1-14-8-10-18(11-9-14)34(32,33)29(23-27-12-17(24)13-28-23)22(31)20(26)19(21(30)15(2)25)16-6-4-3-5-7-16/h3-13,15,19-20H,25-26H2,1-2H3/t15-,19?,20-/m0/s1. The van der Waals surface area contributed by atoms with Crippen molar-refractivity contribution in [2.45, 2.75) is 36.7 Å². The Morgan fingerprint density at radius 1 is 0.971 bits per heavy atom. The molecule has 0 aliphatic heterocycles. The number of carbonyl (C=O) groups is 2. The fourth-order valence-corrected chi connectivity index (χ4v) is 4.88. The highest BCUT2D eigenvalue weighted by atomic mass is 79.9. The molecule has 0 saturated carbocycles. The molecule has 0 radical (unpaired) electrons. The van der Waals surface area contributed by atoms with Crippen molar-refractivity contribution in [2.75, 3.05) is 4.31 Å². The van der Waals surface area contributed by atoms with Crippen molar-refractivity contribution in [2.24, 2.45) is 11.5 Å². The van der Waals surface area contributed by atoms with E-state index in [9.17, 15) is 18.0 Å². The highest BCUT2D eigenvalue weighted by molar-refractivity contribution is 9.10. The second-order valence-electron chi connectivity index (χ2n) is 7.73. The summed E-state index contributed by atoms with van der Waals surface area (Å²) in [7, 11) is -4.47. The maximum absolute atomic E-state index is 13.7. The summed E-state index contributed by atoms with van der Waals surface area (Å²) in [6.07, 6.45) is 2.61. The van der Waals surface area contributed by atoms with Crippen LogP contribution in [0.1, 0.15) is 24.0 Å². The van der Waals surface area contributed by atoms with E-state index in [0.717, 1.165) is 5.56 Å². The van der Waals surface area contributed by atoms with E-state index >= 15 is 0 Å². The van der Waals surface area contributed by atoms with Gasteiger partial charge in [-0.15, -0.1) is 0 Å². The second-order valence-corrected chi connectivity index (χ2v) is 10.4. The number of carbonyl (C=O) groups excluding carboxylic acids is 2. The van der Waals surface area contributed by atoms with Crippen molar-refractivity contribution in [1.82, 2.24) is 9.97 Å². The molecule has 3 rings (SSSR count). The van der Waals surface area contributed by atoms with Crippen LogP contribution in [0.15, 0.2) is 76.4 Å². The van der Waals surface area contributed by atoms with E-state index in [1.54, 1.807) is 49.4 Å². The van der Waals surface area contributed by atoms with Gasteiger partial charge < -0.3 is 11.5 Å². The van der Waals surface area contributed by atoms with Crippen LogP contribution in [0.3, 0.4) is 0 Å². The quantitative estimate of drug-likeness (QED) is 0.437. The number of sulfonamides is 1. The van der Waals surface area contributed by atoms with E-state index in [4.69, 9.17) is 11.5 Å². The molecule has 0 aliphatic rings. The van der Waals surface area contributed by atoms with Gasteiger partial charge in [0, 0.05) is 12.4 Å². The molecule has 3 atom stereocenters. The number of nitrogens with two attached hydrogens (primary N) is 2. The predicted octanol–water partition coefficient (Wildman–Crippen LogP) is 2.30. The second kappa shape index (κ2) is 10.5. The highest BCUT2D eigenvalue weighted by Gasteiger charge is 2.42. The van der Waals surface area contributed by atoms with Crippen molar-refractivity contribution >= 4 is 43.6 Å². The zero-order valence-corrected chi connectivity index (χ0v) is 20.9. The Bertz CT molecular complexity index is 1270. The van der Waals surface area contributed by atoms with Gasteiger partial charge in [0.15, 0.2) is 5.78 Å². The molecule has 1 amide bonds. The Labute approximate surface area is 206 Å². The molecule has 3 aromatic rings. The number of hydrogen-bond acceptors (Lipinski definition) is 8. The van der Waals surface area contributed by atoms with E-state index in [1.165, 1.54) is 31.5 Å². The third kappa shape index (κ3) is 5.39. The van der Waals surface area contributed by atoms with Crippen LogP contribution < -0.4 is 15.8 Å². The molecule has 0 spiro atoms. The number of Topliss-reactive ketones (excluding diaryl/α,β-unsaturated/α-hetero) is 1. The van der Waals surface area contributed by atoms with Gasteiger partial charge in [-0.3, -0.25) is 9.59 Å². The summed E-state index contributed by atoms with van der Waals surface area (Å²) in [5.41, 5.74) is 13.4. The number of ketones is 1. The van der Waals surface area contributed by atoms with E-state index < -0.39 is 45.7 Å². The van der Waals surface area contributed by atoms with Gasteiger partial charge in [0.05, 0.1) is 27.4 Å². The van der Waals surface area contributed by atoms with Crippen LogP contribution >= 0.6 is 15.9 Å². The first-order valence-electron chi connectivity index (χ1n) is 10.3. The van der Waals surface area contributed by atoms with Gasteiger partial charge in [0.1, 0.15) is 0 Å². The van der Waals surface area contributed by atoms with Gasteiger partial charge >= 0.3 is 0 Å². The number of amides is 1. The van der Waals surface area contributed by atoms with Crippen LogP contribution in [-0.2, 0) is 19.6 Å². The average molecular weight is 546 g/mol. The molecule has 2 aromatic carbocycles. The maximum Gasteiger partial charge on any atom is 0.273 e. The predicted molar refractivity (Wildman–Crippen MR) is 131 cm³/mol. The molecule has 0 saturated heterocycles. The van der Waals surface area contributed by atoms with Crippen LogP contribution in [0.25, 0.3) is 0 Å². The Kier molecular flexibility index (Phi) is 7.93. The maximum atomic E-state index is 13.7. The van der Waals surface area contributed by atoms with Gasteiger partial charge in [0.25, 0.3) is 15.9 Å². The molecule has 9 nitrogen and oxygen atoms in total. The highest BCUT2D eigenvalue weighted by Crippen LogP contribution is 2.27. The fraction of sp³-hybridized carbons (Fsp3) is 0.217. The summed E-state index contributed by atoms with van der Waals surface area (Å²) < 4.78 is 28.1. The SMILES string of the molecule is Cc1ccc(S(=O)(=O)N(C(=O)[C@@H](N)C(C(=O)[C@H](C)N)c2ccccc2)c2ncc(Br)cn2)cc1. The van der Waals surface area contributed by atoms with Crippen molar-refractivity contribution in [3.8, 4) is 0 Å². The average Bonchev–Trinajstić information content (AvgIpc) is 2.81.